The summed E-state index contributed by atoms with van der Waals surface area (Å²) in [5, 5.41) is 2.60. The molecule has 0 spiro atoms. The number of hydrogen-bond donors (Lipinski definition) is 1. The average molecular weight is 432 g/mol. The van der Waals surface area contributed by atoms with Crippen molar-refractivity contribution in [1.29, 1.82) is 0 Å². The van der Waals surface area contributed by atoms with Crippen molar-refractivity contribution in [1.82, 2.24) is 5.32 Å². The van der Waals surface area contributed by atoms with Crippen molar-refractivity contribution < 1.29 is 18.7 Å². The van der Waals surface area contributed by atoms with Crippen LogP contribution in [0.25, 0.3) is 6.08 Å². The van der Waals surface area contributed by atoms with Gasteiger partial charge in [0.05, 0.1) is 5.69 Å². The van der Waals surface area contributed by atoms with Gasteiger partial charge in [-0.2, -0.15) is 0 Å². The number of halogens is 1. The van der Waals surface area contributed by atoms with E-state index in [1.807, 2.05) is 6.07 Å². The SMILES string of the molecule is O=C1NC(=S)N(c2ccccc2)C(=O)/C1=C\c1ccc(OCc2cccc(F)c2)cc1. The van der Waals surface area contributed by atoms with E-state index in [1.54, 1.807) is 60.7 Å². The van der Waals surface area contributed by atoms with Gasteiger partial charge in [0.2, 0.25) is 0 Å². The van der Waals surface area contributed by atoms with E-state index in [4.69, 9.17) is 17.0 Å². The summed E-state index contributed by atoms with van der Waals surface area (Å²) < 4.78 is 18.9. The predicted octanol–water partition coefficient (Wildman–Crippen LogP) is 4.24. The summed E-state index contributed by atoms with van der Waals surface area (Å²) in [6, 6.07) is 22.0. The number of nitrogens with zero attached hydrogens (tertiary/aromatic N) is 1. The summed E-state index contributed by atoms with van der Waals surface area (Å²) in [7, 11) is 0. The number of para-hydroxylation sites is 1. The molecule has 0 atom stereocenters. The molecular weight excluding hydrogens is 415 g/mol. The highest BCUT2D eigenvalue weighted by molar-refractivity contribution is 7.80. The minimum absolute atomic E-state index is 0.0223. The number of benzene rings is 3. The zero-order chi connectivity index (χ0) is 21.8. The van der Waals surface area contributed by atoms with E-state index < -0.39 is 11.8 Å². The highest BCUT2D eigenvalue weighted by Gasteiger charge is 2.34. The zero-order valence-electron chi connectivity index (χ0n) is 16.2. The quantitative estimate of drug-likeness (QED) is 0.372. The molecule has 7 heteroatoms. The first-order chi connectivity index (χ1) is 15.0. The fourth-order valence-electron chi connectivity index (χ4n) is 3.09. The van der Waals surface area contributed by atoms with Crippen molar-refractivity contribution in [3.05, 3.63) is 101 Å². The number of anilines is 1. The first-order valence-electron chi connectivity index (χ1n) is 9.45. The van der Waals surface area contributed by atoms with E-state index in [0.29, 0.717) is 22.6 Å². The lowest BCUT2D eigenvalue weighted by atomic mass is 10.1. The molecule has 1 fully saturated rings. The Morgan fingerprint density at radius 2 is 1.71 bits per heavy atom. The molecule has 1 aliphatic heterocycles. The Labute approximate surface area is 183 Å². The monoisotopic (exact) mass is 432 g/mol. The summed E-state index contributed by atoms with van der Waals surface area (Å²) in [5.41, 5.74) is 1.92. The van der Waals surface area contributed by atoms with Gasteiger partial charge in [-0.25, -0.2) is 4.39 Å². The highest BCUT2D eigenvalue weighted by Crippen LogP contribution is 2.22. The van der Waals surface area contributed by atoms with E-state index in [1.165, 1.54) is 23.1 Å². The number of carbonyl (C=O) groups is 2. The molecule has 1 aliphatic rings. The van der Waals surface area contributed by atoms with Crippen molar-refractivity contribution in [2.45, 2.75) is 6.61 Å². The van der Waals surface area contributed by atoms with E-state index in [0.717, 1.165) is 0 Å². The largest absolute Gasteiger partial charge is 0.489 e. The first kappa shape index (κ1) is 20.4. The molecule has 5 nitrogen and oxygen atoms in total. The number of nitrogens with one attached hydrogen (secondary N) is 1. The third kappa shape index (κ3) is 4.67. The Balaban J connectivity index is 1.51. The van der Waals surface area contributed by atoms with Crippen LogP contribution in [0.1, 0.15) is 11.1 Å². The number of hydrogen-bond acceptors (Lipinski definition) is 4. The van der Waals surface area contributed by atoms with Crippen molar-refractivity contribution in [2.24, 2.45) is 0 Å². The molecule has 1 heterocycles. The van der Waals surface area contributed by atoms with Gasteiger partial charge in [-0.05, 0) is 65.8 Å². The number of carbonyl (C=O) groups excluding carboxylic acids is 2. The molecule has 1 saturated heterocycles. The van der Waals surface area contributed by atoms with Crippen LogP contribution < -0.4 is 15.0 Å². The van der Waals surface area contributed by atoms with Crippen molar-refractivity contribution >= 4 is 40.9 Å². The van der Waals surface area contributed by atoms with Gasteiger partial charge in [0.15, 0.2) is 5.11 Å². The second kappa shape index (κ2) is 8.89. The number of thiocarbonyl (C=S) groups is 1. The maximum absolute atomic E-state index is 13.3. The molecule has 4 rings (SSSR count). The normalized spacial score (nSPS) is 15.2. The Bertz CT molecular complexity index is 1180. The molecule has 0 aromatic heterocycles. The van der Waals surface area contributed by atoms with E-state index in [-0.39, 0.29) is 23.1 Å². The molecule has 0 bridgehead atoms. The summed E-state index contributed by atoms with van der Waals surface area (Å²) in [5.74, 6) is -0.777. The van der Waals surface area contributed by atoms with Gasteiger partial charge >= 0.3 is 0 Å². The fraction of sp³-hybridized carbons (Fsp3) is 0.0417. The minimum atomic E-state index is -0.548. The zero-order valence-corrected chi connectivity index (χ0v) is 17.1. The van der Waals surface area contributed by atoms with Crippen molar-refractivity contribution in [3.8, 4) is 5.75 Å². The Kier molecular flexibility index (Phi) is 5.86. The van der Waals surface area contributed by atoms with Crippen LogP contribution in [0.2, 0.25) is 0 Å². The van der Waals surface area contributed by atoms with E-state index in [9.17, 15) is 14.0 Å². The lowest BCUT2D eigenvalue weighted by Crippen LogP contribution is -2.54. The van der Waals surface area contributed by atoms with Crippen molar-refractivity contribution in [2.75, 3.05) is 4.90 Å². The van der Waals surface area contributed by atoms with Crippen molar-refractivity contribution in [3.63, 3.8) is 0 Å². The van der Waals surface area contributed by atoms with Crippen LogP contribution in [0.3, 0.4) is 0 Å². The van der Waals surface area contributed by atoms with Gasteiger partial charge in [-0.15, -0.1) is 0 Å². The third-order valence-corrected chi connectivity index (χ3v) is 4.89. The van der Waals surface area contributed by atoms with Gasteiger partial charge < -0.3 is 4.74 Å². The number of amides is 2. The van der Waals surface area contributed by atoms with E-state index >= 15 is 0 Å². The highest BCUT2D eigenvalue weighted by atomic mass is 32.1. The summed E-state index contributed by atoms with van der Waals surface area (Å²) in [4.78, 5) is 26.6. The minimum Gasteiger partial charge on any atom is -0.489 e. The van der Waals surface area contributed by atoms with Crippen LogP contribution >= 0.6 is 12.2 Å². The second-order valence-electron chi connectivity index (χ2n) is 6.78. The molecule has 3 aromatic rings. The fourth-order valence-corrected chi connectivity index (χ4v) is 3.37. The predicted molar refractivity (Wildman–Crippen MR) is 120 cm³/mol. The van der Waals surface area contributed by atoms with Gasteiger partial charge in [-0.1, -0.05) is 42.5 Å². The van der Waals surface area contributed by atoms with Crippen LogP contribution in [-0.4, -0.2) is 16.9 Å². The van der Waals surface area contributed by atoms with Crippen LogP contribution in [0.4, 0.5) is 10.1 Å². The van der Waals surface area contributed by atoms with E-state index in [2.05, 4.69) is 5.32 Å². The molecular formula is C24H17FN2O3S. The second-order valence-corrected chi connectivity index (χ2v) is 7.17. The summed E-state index contributed by atoms with van der Waals surface area (Å²) in [6.07, 6.45) is 1.51. The smallest absolute Gasteiger partial charge is 0.270 e. The van der Waals surface area contributed by atoms with Gasteiger partial charge in [0.25, 0.3) is 11.8 Å². The molecule has 0 radical (unpaired) electrons. The van der Waals surface area contributed by atoms with Gasteiger partial charge in [0, 0.05) is 0 Å². The number of rotatable bonds is 5. The Morgan fingerprint density at radius 1 is 0.968 bits per heavy atom. The molecule has 2 amide bonds. The first-order valence-corrected chi connectivity index (χ1v) is 9.86. The van der Waals surface area contributed by atoms with Crippen LogP contribution in [0.5, 0.6) is 5.75 Å². The molecule has 0 saturated carbocycles. The van der Waals surface area contributed by atoms with Crippen LogP contribution in [0, 0.1) is 5.82 Å². The van der Waals surface area contributed by atoms with Crippen LogP contribution in [-0.2, 0) is 16.2 Å². The molecule has 154 valence electrons. The lowest BCUT2D eigenvalue weighted by molar-refractivity contribution is -0.122. The number of ether oxygens (including phenoxy) is 1. The molecule has 31 heavy (non-hydrogen) atoms. The maximum atomic E-state index is 13.3. The Hall–Kier alpha value is -3.84. The third-order valence-electron chi connectivity index (χ3n) is 4.60. The molecule has 1 N–H and O–H groups in total. The van der Waals surface area contributed by atoms with Gasteiger partial charge in [-0.3, -0.25) is 19.8 Å². The molecule has 3 aromatic carbocycles. The molecule has 0 aliphatic carbocycles. The topological polar surface area (TPSA) is 58.6 Å². The standard InChI is InChI=1S/C24H17FN2O3S/c25-18-6-4-5-17(13-18)15-30-20-11-9-16(10-12-20)14-21-22(28)26-24(31)27(23(21)29)19-7-2-1-3-8-19/h1-14H,15H2,(H,26,28,31)/b21-14-. The molecule has 0 unspecified atom stereocenters. The van der Waals surface area contributed by atoms with Crippen LogP contribution in [0.15, 0.2) is 84.4 Å². The average Bonchev–Trinajstić information content (AvgIpc) is 2.77. The summed E-state index contributed by atoms with van der Waals surface area (Å²) >= 11 is 5.18. The maximum Gasteiger partial charge on any atom is 0.270 e. The summed E-state index contributed by atoms with van der Waals surface area (Å²) in [6.45, 7) is 0.225. The Morgan fingerprint density at radius 3 is 2.42 bits per heavy atom. The lowest BCUT2D eigenvalue weighted by Gasteiger charge is -2.28. The van der Waals surface area contributed by atoms with Gasteiger partial charge in [0.1, 0.15) is 23.7 Å².